The van der Waals surface area contributed by atoms with Gasteiger partial charge in [0.2, 0.25) is 0 Å². The Morgan fingerprint density at radius 2 is 1.73 bits per heavy atom. The Labute approximate surface area is 154 Å². The van der Waals surface area contributed by atoms with Gasteiger partial charge in [0, 0.05) is 38.1 Å². The fraction of sp³-hybridized carbons (Fsp3) is 0.368. The number of carbonyl (C=O) groups is 1. The second kappa shape index (κ2) is 7.45. The minimum Gasteiger partial charge on any atom is -0.351 e. The monoisotopic (exact) mass is 372 g/mol. The third-order valence-electron chi connectivity index (χ3n) is 4.61. The molecule has 0 saturated carbocycles. The van der Waals surface area contributed by atoms with Crippen molar-refractivity contribution in [2.24, 2.45) is 0 Å². The van der Waals surface area contributed by atoms with E-state index in [1.165, 1.54) is 11.3 Å². The highest BCUT2D eigenvalue weighted by Crippen LogP contribution is 2.17. The molecule has 1 aromatic carbocycles. The fourth-order valence-electron chi connectivity index (χ4n) is 2.99. The summed E-state index contributed by atoms with van der Waals surface area (Å²) in [5, 5.41) is 4.31. The number of nitrogens with zero attached hydrogens (tertiary/aromatic N) is 3. The van der Waals surface area contributed by atoms with Gasteiger partial charge in [0.05, 0.1) is 8.07 Å². The summed E-state index contributed by atoms with van der Waals surface area (Å²) < 4.78 is 13.8. The summed E-state index contributed by atoms with van der Waals surface area (Å²) in [6, 6.07) is 11.0. The SMILES string of the molecule is C[Si](C)(C)c1ccc(NC(=O)N2CCN(c3ncccc3F)CC2)cc1. The third kappa shape index (κ3) is 4.22. The van der Waals surface area contributed by atoms with Crippen molar-refractivity contribution in [1.82, 2.24) is 9.88 Å². The molecule has 1 aliphatic rings. The molecule has 26 heavy (non-hydrogen) atoms. The van der Waals surface area contributed by atoms with Crippen LogP contribution >= 0.6 is 0 Å². The summed E-state index contributed by atoms with van der Waals surface area (Å²) in [7, 11) is -1.34. The molecule has 0 bridgehead atoms. The molecule has 5 nitrogen and oxygen atoms in total. The maximum Gasteiger partial charge on any atom is 0.321 e. The van der Waals surface area contributed by atoms with Crippen LogP contribution in [-0.4, -0.2) is 50.2 Å². The summed E-state index contributed by atoms with van der Waals surface area (Å²) in [6.07, 6.45) is 1.58. The number of aromatic nitrogens is 1. The Bertz CT molecular complexity index is 768. The van der Waals surface area contributed by atoms with E-state index in [9.17, 15) is 9.18 Å². The van der Waals surface area contributed by atoms with E-state index in [-0.39, 0.29) is 11.8 Å². The van der Waals surface area contributed by atoms with Crippen LogP contribution in [-0.2, 0) is 0 Å². The van der Waals surface area contributed by atoms with Crippen molar-refractivity contribution in [2.75, 3.05) is 36.4 Å². The molecule has 0 atom stereocenters. The highest BCUT2D eigenvalue weighted by atomic mass is 28.3. The zero-order valence-corrected chi connectivity index (χ0v) is 16.5. The first-order chi connectivity index (χ1) is 12.3. The zero-order valence-electron chi connectivity index (χ0n) is 15.5. The number of halogens is 1. The molecule has 0 spiro atoms. The van der Waals surface area contributed by atoms with E-state index in [2.05, 4.69) is 42.1 Å². The van der Waals surface area contributed by atoms with Crippen molar-refractivity contribution in [3.8, 4) is 0 Å². The number of piperazine rings is 1. The molecule has 1 aromatic heterocycles. The van der Waals surface area contributed by atoms with Crippen LogP contribution in [0.3, 0.4) is 0 Å². The fourth-order valence-corrected chi connectivity index (χ4v) is 4.15. The summed E-state index contributed by atoms with van der Waals surface area (Å²) in [5.41, 5.74) is 0.801. The van der Waals surface area contributed by atoms with Crippen LogP contribution in [0.4, 0.5) is 20.7 Å². The predicted octanol–water partition coefficient (Wildman–Crippen LogP) is 3.12. The van der Waals surface area contributed by atoms with Gasteiger partial charge in [0.15, 0.2) is 11.6 Å². The average molecular weight is 373 g/mol. The van der Waals surface area contributed by atoms with Gasteiger partial charge in [-0.3, -0.25) is 0 Å². The van der Waals surface area contributed by atoms with Gasteiger partial charge in [-0.1, -0.05) is 37.0 Å². The quantitative estimate of drug-likeness (QED) is 0.842. The van der Waals surface area contributed by atoms with Gasteiger partial charge in [-0.15, -0.1) is 0 Å². The van der Waals surface area contributed by atoms with Gasteiger partial charge in [-0.05, 0) is 24.3 Å². The van der Waals surface area contributed by atoms with Crippen LogP contribution in [0.5, 0.6) is 0 Å². The number of urea groups is 1. The Balaban J connectivity index is 1.56. The Hall–Kier alpha value is -2.41. The molecule has 2 aromatic rings. The maximum absolute atomic E-state index is 13.8. The lowest BCUT2D eigenvalue weighted by Gasteiger charge is -2.35. The van der Waals surface area contributed by atoms with Crippen molar-refractivity contribution in [3.05, 3.63) is 48.4 Å². The highest BCUT2D eigenvalue weighted by Gasteiger charge is 2.23. The Morgan fingerprint density at radius 3 is 2.31 bits per heavy atom. The van der Waals surface area contributed by atoms with Gasteiger partial charge in [0.1, 0.15) is 0 Å². The van der Waals surface area contributed by atoms with E-state index in [0.29, 0.717) is 32.0 Å². The minimum absolute atomic E-state index is 0.119. The molecule has 1 N–H and O–H groups in total. The maximum atomic E-state index is 13.8. The number of anilines is 2. The number of nitrogens with one attached hydrogen (secondary N) is 1. The standard InChI is InChI=1S/C19H25FN4OSi/c1-26(2,3)16-8-6-15(7-9-16)22-19(25)24-13-11-23(12-14-24)18-17(20)5-4-10-21-18/h4-10H,11-14H2,1-3H3,(H,22,25). The number of carbonyl (C=O) groups excluding carboxylic acids is 1. The molecular weight excluding hydrogens is 347 g/mol. The van der Waals surface area contributed by atoms with E-state index in [1.54, 1.807) is 17.2 Å². The van der Waals surface area contributed by atoms with Crippen molar-refractivity contribution >= 4 is 30.8 Å². The number of pyridine rings is 1. The van der Waals surface area contributed by atoms with Crippen molar-refractivity contribution in [3.63, 3.8) is 0 Å². The van der Waals surface area contributed by atoms with Gasteiger partial charge < -0.3 is 15.1 Å². The number of amides is 2. The van der Waals surface area contributed by atoms with Crippen LogP contribution in [0.2, 0.25) is 19.6 Å². The van der Waals surface area contributed by atoms with Gasteiger partial charge >= 0.3 is 6.03 Å². The lowest BCUT2D eigenvalue weighted by molar-refractivity contribution is 0.208. The van der Waals surface area contributed by atoms with E-state index < -0.39 is 8.07 Å². The molecule has 2 amide bonds. The second-order valence-electron chi connectivity index (χ2n) is 7.54. The molecule has 1 saturated heterocycles. The molecular formula is C19H25FN4OSi. The first-order valence-corrected chi connectivity index (χ1v) is 12.4. The molecule has 1 aliphatic heterocycles. The number of hydrogen-bond acceptors (Lipinski definition) is 3. The minimum atomic E-state index is -1.34. The van der Waals surface area contributed by atoms with Crippen molar-refractivity contribution in [1.29, 1.82) is 0 Å². The van der Waals surface area contributed by atoms with Crippen LogP contribution in [0.25, 0.3) is 0 Å². The van der Waals surface area contributed by atoms with Crippen LogP contribution in [0, 0.1) is 5.82 Å². The van der Waals surface area contributed by atoms with Gasteiger partial charge in [0.25, 0.3) is 0 Å². The summed E-state index contributed by atoms with van der Waals surface area (Å²) in [5.74, 6) is 0.0300. The number of benzene rings is 1. The second-order valence-corrected chi connectivity index (χ2v) is 12.6. The molecule has 0 radical (unpaired) electrons. The molecule has 3 rings (SSSR count). The first kappa shape index (κ1) is 18.4. The lowest BCUT2D eigenvalue weighted by atomic mass is 10.3. The molecule has 1 fully saturated rings. The topological polar surface area (TPSA) is 48.5 Å². The lowest BCUT2D eigenvalue weighted by Crippen LogP contribution is -2.50. The number of rotatable bonds is 3. The summed E-state index contributed by atoms with van der Waals surface area (Å²) >= 11 is 0. The Morgan fingerprint density at radius 1 is 1.08 bits per heavy atom. The zero-order chi connectivity index (χ0) is 18.7. The third-order valence-corrected chi connectivity index (χ3v) is 6.67. The van der Waals surface area contributed by atoms with E-state index in [4.69, 9.17) is 0 Å². The first-order valence-electron chi connectivity index (χ1n) is 8.86. The predicted molar refractivity (Wildman–Crippen MR) is 106 cm³/mol. The van der Waals surface area contributed by atoms with Crippen molar-refractivity contribution in [2.45, 2.75) is 19.6 Å². The molecule has 0 unspecified atom stereocenters. The summed E-state index contributed by atoms with van der Waals surface area (Å²) in [4.78, 5) is 20.2. The number of hydrogen-bond donors (Lipinski definition) is 1. The van der Waals surface area contributed by atoms with Crippen molar-refractivity contribution < 1.29 is 9.18 Å². The molecule has 2 heterocycles. The Kier molecular flexibility index (Phi) is 5.27. The smallest absolute Gasteiger partial charge is 0.321 e. The summed E-state index contributed by atoms with van der Waals surface area (Å²) in [6.45, 7) is 9.09. The molecule has 0 aliphatic carbocycles. The van der Waals surface area contributed by atoms with Gasteiger partial charge in [-0.2, -0.15) is 0 Å². The van der Waals surface area contributed by atoms with E-state index in [0.717, 1.165) is 5.69 Å². The van der Waals surface area contributed by atoms with Gasteiger partial charge in [-0.25, -0.2) is 14.2 Å². The van der Waals surface area contributed by atoms with E-state index in [1.807, 2.05) is 17.0 Å². The van der Waals surface area contributed by atoms with Crippen LogP contribution in [0.1, 0.15) is 0 Å². The highest BCUT2D eigenvalue weighted by molar-refractivity contribution is 6.88. The molecule has 7 heteroatoms. The molecule has 138 valence electrons. The normalized spacial score (nSPS) is 15.1. The van der Waals surface area contributed by atoms with E-state index >= 15 is 0 Å². The van der Waals surface area contributed by atoms with Crippen LogP contribution < -0.4 is 15.4 Å². The van der Waals surface area contributed by atoms with Crippen LogP contribution in [0.15, 0.2) is 42.6 Å². The largest absolute Gasteiger partial charge is 0.351 e. The average Bonchev–Trinajstić information content (AvgIpc) is 2.62.